The summed E-state index contributed by atoms with van der Waals surface area (Å²) in [5.41, 5.74) is 3.51. The Kier molecular flexibility index (Phi) is 7.54. The van der Waals surface area contributed by atoms with Crippen LogP contribution >= 0.6 is 0 Å². The van der Waals surface area contributed by atoms with Crippen LogP contribution in [0.3, 0.4) is 0 Å². The minimum absolute atomic E-state index is 0.0817. The van der Waals surface area contributed by atoms with E-state index in [0.717, 1.165) is 68.5 Å². The van der Waals surface area contributed by atoms with E-state index in [9.17, 15) is 9.59 Å². The molecule has 150 valence electrons. The molecule has 5 nitrogen and oxygen atoms in total. The van der Waals surface area contributed by atoms with Crippen LogP contribution in [0.5, 0.6) is 0 Å². The van der Waals surface area contributed by atoms with Crippen molar-refractivity contribution in [2.45, 2.75) is 25.7 Å². The van der Waals surface area contributed by atoms with E-state index in [1.807, 2.05) is 47.4 Å². The third kappa shape index (κ3) is 6.00. The van der Waals surface area contributed by atoms with Crippen LogP contribution in [0.2, 0.25) is 0 Å². The number of amides is 1. The molecule has 2 aromatic carbocycles. The van der Waals surface area contributed by atoms with Gasteiger partial charge in [-0.2, -0.15) is 5.26 Å². The van der Waals surface area contributed by atoms with Gasteiger partial charge in [-0.15, -0.1) is 0 Å². The van der Waals surface area contributed by atoms with Crippen molar-refractivity contribution in [3.63, 3.8) is 0 Å². The van der Waals surface area contributed by atoms with Gasteiger partial charge in [0.25, 0.3) is 5.91 Å². The molecule has 1 fully saturated rings. The summed E-state index contributed by atoms with van der Waals surface area (Å²) in [5.74, 6) is 0.0817. The monoisotopic (exact) mass is 389 g/mol. The lowest BCUT2D eigenvalue weighted by atomic mass is 10.0. The van der Waals surface area contributed by atoms with Crippen LogP contribution in [0.25, 0.3) is 0 Å². The Bertz CT molecular complexity index is 880. The first-order chi connectivity index (χ1) is 14.2. The molecule has 0 N–H and O–H groups in total. The van der Waals surface area contributed by atoms with E-state index in [2.05, 4.69) is 11.0 Å². The fraction of sp³-hybridized carbons (Fsp3) is 0.375. The van der Waals surface area contributed by atoms with Gasteiger partial charge in [0.15, 0.2) is 0 Å². The summed E-state index contributed by atoms with van der Waals surface area (Å²) in [6.07, 6.45) is 4.28. The number of hydrogen-bond acceptors (Lipinski definition) is 4. The number of aldehydes is 1. The highest BCUT2D eigenvalue weighted by Gasteiger charge is 2.22. The lowest BCUT2D eigenvalue weighted by molar-refractivity contribution is -0.107. The van der Waals surface area contributed by atoms with E-state index in [4.69, 9.17) is 5.26 Å². The Balaban J connectivity index is 1.56. The molecule has 0 aromatic heterocycles. The van der Waals surface area contributed by atoms with Gasteiger partial charge in [-0.25, -0.2) is 0 Å². The summed E-state index contributed by atoms with van der Waals surface area (Å²) >= 11 is 0. The third-order valence-electron chi connectivity index (χ3n) is 5.34. The van der Waals surface area contributed by atoms with Gasteiger partial charge in [-0.3, -0.25) is 9.69 Å². The first-order valence-electron chi connectivity index (χ1n) is 10.2. The van der Waals surface area contributed by atoms with Crippen molar-refractivity contribution in [1.82, 2.24) is 9.80 Å². The van der Waals surface area contributed by atoms with Crippen LogP contribution in [-0.4, -0.2) is 54.7 Å². The molecular weight excluding hydrogens is 362 g/mol. The second-order valence-corrected chi connectivity index (χ2v) is 7.49. The molecule has 0 spiro atoms. The molecule has 1 heterocycles. The van der Waals surface area contributed by atoms with Gasteiger partial charge in [0.1, 0.15) is 6.29 Å². The summed E-state index contributed by atoms with van der Waals surface area (Å²) in [4.78, 5) is 27.6. The SMILES string of the molecule is N#Cc1cccc(Cc2cccc(C(=O)N3CCN(CCCCC=O)CC3)c2)c1. The average molecular weight is 389 g/mol. The number of nitriles is 1. The van der Waals surface area contributed by atoms with Crippen molar-refractivity contribution >= 4 is 12.2 Å². The molecule has 1 amide bonds. The Morgan fingerprint density at radius 3 is 2.45 bits per heavy atom. The van der Waals surface area contributed by atoms with Crippen LogP contribution in [0.1, 0.15) is 46.3 Å². The first-order valence-corrected chi connectivity index (χ1v) is 10.2. The van der Waals surface area contributed by atoms with Gasteiger partial charge < -0.3 is 9.69 Å². The summed E-state index contributed by atoms with van der Waals surface area (Å²) < 4.78 is 0. The molecule has 0 unspecified atom stereocenters. The summed E-state index contributed by atoms with van der Waals surface area (Å²) in [5, 5.41) is 9.06. The Morgan fingerprint density at radius 2 is 1.72 bits per heavy atom. The molecule has 0 aliphatic carbocycles. The Hall–Kier alpha value is -2.97. The predicted molar refractivity (Wildman–Crippen MR) is 113 cm³/mol. The Morgan fingerprint density at radius 1 is 1.00 bits per heavy atom. The topological polar surface area (TPSA) is 64.4 Å². The number of carbonyl (C=O) groups is 2. The number of carbonyl (C=O) groups excluding carboxylic acids is 2. The maximum Gasteiger partial charge on any atom is 0.253 e. The smallest absolute Gasteiger partial charge is 0.253 e. The van der Waals surface area contributed by atoms with Crippen LogP contribution < -0.4 is 0 Å². The van der Waals surface area contributed by atoms with Gasteiger partial charge in [-0.05, 0) is 61.2 Å². The molecule has 0 atom stereocenters. The number of nitrogens with zero attached hydrogens (tertiary/aromatic N) is 3. The first kappa shape index (κ1) is 20.8. The summed E-state index contributed by atoms with van der Waals surface area (Å²) in [6, 6.07) is 17.5. The number of piperazine rings is 1. The highest BCUT2D eigenvalue weighted by atomic mass is 16.2. The van der Waals surface area contributed by atoms with E-state index in [1.165, 1.54) is 0 Å². The quantitative estimate of drug-likeness (QED) is 0.513. The van der Waals surface area contributed by atoms with Crippen molar-refractivity contribution in [2.24, 2.45) is 0 Å². The lowest BCUT2D eigenvalue weighted by Crippen LogP contribution is -2.48. The minimum atomic E-state index is 0.0817. The summed E-state index contributed by atoms with van der Waals surface area (Å²) in [7, 11) is 0. The molecule has 3 rings (SSSR count). The standard InChI is InChI=1S/C24H27N3O2/c25-19-22-8-4-6-20(17-22)16-21-7-5-9-23(18-21)24(29)27-13-11-26(12-14-27)10-2-1-3-15-28/h4-9,15,17-18H,1-3,10-14,16H2. The molecule has 2 aromatic rings. The highest BCUT2D eigenvalue weighted by molar-refractivity contribution is 5.94. The van der Waals surface area contributed by atoms with Gasteiger partial charge >= 0.3 is 0 Å². The third-order valence-corrected chi connectivity index (χ3v) is 5.34. The minimum Gasteiger partial charge on any atom is -0.336 e. The van der Waals surface area contributed by atoms with Crippen molar-refractivity contribution in [2.75, 3.05) is 32.7 Å². The maximum atomic E-state index is 12.9. The average Bonchev–Trinajstić information content (AvgIpc) is 2.77. The molecule has 0 saturated carbocycles. The van der Waals surface area contributed by atoms with Crippen LogP contribution in [0.4, 0.5) is 0 Å². The molecule has 1 aliphatic heterocycles. The van der Waals surface area contributed by atoms with Crippen LogP contribution in [0, 0.1) is 11.3 Å². The Labute approximate surface area is 172 Å². The highest BCUT2D eigenvalue weighted by Crippen LogP contribution is 2.15. The van der Waals surface area contributed by atoms with E-state index in [0.29, 0.717) is 18.4 Å². The normalized spacial score (nSPS) is 14.4. The van der Waals surface area contributed by atoms with Gasteiger partial charge in [0.2, 0.25) is 0 Å². The van der Waals surface area contributed by atoms with Crippen molar-refractivity contribution < 1.29 is 9.59 Å². The van der Waals surface area contributed by atoms with E-state index in [-0.39, 0.29) is 5.91 Å². The van der Waals surface area contributed by atoms with E-state index in [1.54, 1.807) is 6.07 Å². The van der Waals surface area contributed by atoms with Crippen molar-refractivity contribution in [3.05, 3.63) is 70.8 Å². The lowest BCUT2D eigenvalue weighted by Gasteiger charge is -2.34. The fourth-order valence-electron chi connectivity index (χ4n) is 3.72. The second-order valence-electron chi connectivity index (χ2n) is 7.49. The molecule has 5 heteroatoms. The van der Waals surface area contributed by atoms with Crippen molar-refractivity contribution in [1.29, 1.82) is 5.26 Å². The van der Waals surface area contributed by atoms with Gasteiger partial charge in [0.05, 0.1) is 11.6 Å². The predicted octanol–water partition coefficient (Wildman–Crippen LogP) is 3.28. The number of rotatable bonds is 8. The van der Waals surface area contributed by atoms with E-state index < -0.39 is 0 Å². The van der Waals surface area contributed by atoms with Crippen molar-refractivity contribution in [3.8, 4) is 6.07 Å². The zero-order valence-electron chi connectivity index (χ0n) is 16.7. The summed E-state index contributed by atoms with van der Waals surface area (Å²) in [6.45, 7) is 4.23. The maximum absolute atomic E-state index is 12.9. The zero-order chi connectivity index (χ0) is 20.5. The largest absolute Gasteiger partial charge is 0.336 e. The number of hydrogen-bond donors (Lipinski definition) is 0. The molecule has 1 saturated heterocycles. The number of unbranched alkanes of at least 4 members (excludes halogenated alkanes) is 2. The number of benzene rings is 2. The molecule has 1 aliphatic rings. The van der Waals surface area contributed by atoms with Gasteiger partial charge in [-0.1, -0.05) is 24.3 Å². The molecular formula is C24H27N3O2. The molecule has 29 heavy (non-hydrogen) atoms. The van der Waals surface area contributed by atoms with Crippen LogP contribution in [0.15, 0.2) is 48.5 Å². The van der Waals surface area contributed by atoms with Gasteiger partial charge in [0, 0.05) is 38.2 Å². The zero-order valence-corrected chi connectivity index (χ0v) is 16.7. The molecule has 0 radical (unpaired) electrons. The van der Waals surface area contributed by atoms with E-state index >= 15 is 0 Å². The molecule has 0 bridgehead atoms. The van der Waals surface area contributed by atoms with Crippen LogP contribution in [-0.2, 0) is 11.2 Å². The second kappa shape index (κ2) is 10.5. The fourth-order valence-corrected chi connectivity index (χ4v) is 3.72.